The number of likely N-dealkylation sites (tertiary alicyclic amines) is 1. The zero-order chi connectivity index (χ0) is 10.8. The number of hydrogen-bond donors (Lipinski definition) is 1. The molecule has 0 spiro atoms. The Kier molecular flexibility index (Phi) is 3.65. The first-order chi connectivity index (χ1) is 7.16. The van der Waals surface area contributed by atoms with Gasteiger partial charge in [0.25, 0.3) is 0 Å². The summed E-state index contributed by atoms with van der Waals surface area (Å²) in [4.78, 5) is 2.57. The van der Waals surface area contributed by atoms with Gasteiger partial charge in [-0.1, -0.05) is 6.92 Å². The normalized spacial score (nSPS) is 38.0. The molecule has 0 saturated carbocycles. The lowest BCUT2D eigenvalue weighted by Gasteiger charge is -2.22. The van der Waals surface area contributed by atoms with Crippen LogP contribution in [0.1, 0.15) is 27.2 Å². The summed E-state index contributed by atoms with van der Waals surface area (Å²) in [7, 11) is 0. The summed E-state index contributed by atoms with van der Waals surface area (Å²) in [5.74, 6) is 0.771. The summed E-state index contributed by atoms with van der Waals surface area (Å²) in [5.41, 5.74) is 0. The van der Waals surface area contributed by atoms with Crippen LogP contribution >= 0.6 is 0 Å². The lowest BCUT2D eigenvalue weighted by Crippen LogP contribution is -2.43. The monoisotopic (exact) mass is 212 g/mol. The largest absolute Gasteiger partial charge is 0.380 e. The second kappa shape index (κ2) is 4.81. The van der Waals surface area contributed by atoms with Crippen molar-refractivity contribution in [2.24, 2.45) is 5.92 Å². The fourth-order valence-electron chi connectivity index (χ4n) is 2.61. The van der Waals surface area contributed by atoms with E-state index in [1.165, 1.54) is 19.5 Å². The number of nitrogens with one attached hydrogen (secondary N) is 1. The van der Waals surface area contributed by atoms with Crippen LogP contribution in [0.5, 0.6) is 0 Å². The van der Waals surface area contributed by atoms with E-state index in [-0.39, 0.29) is 0 Å². The minimum atomic E-state index is 0.601. The minimum Gasteiger partial charge on any atom is -0.380 e. The van der Waals surface area contributed by atoms with E-state index in [1.807, 2.05) is 0 Å². The van der Waals surface area contributed by atoms with E-state index in [0.29, 0.717) is 18.1 Å². The van der Waals surface area contributed by atoms with Gasteiger partial charge in [-0.15, -0.1) is 0 Å². The van der Waals surface area contributed by atoms with Gasteiger partial charge in [0.1, 0.15) is 0 Å². The van der Waals surface area contributed by atoms with Crippen LogP contribution in [0.25, 0.3) is 0 Å². The third kappa shape index (κ3) is 2.71. The lowest BCUT2D eigenvalue weighted by molar-refractivity contribution is 0.186. The van der Waals surface area contributed by atoms with Gasteiger partial charge in [-0.2, -0.15) is 0 Å². The van der Waals surface area contributed by atoms with Crippen LogP contribution in [0.4, 0.5) is 0 Å². The maximum Gasteiger partial charge on any atom is 0.0620 e. The van der Waals surface area contributed by atoms with E-state index >= 15 is 0 Å². The fraction of sp³-hybridized carbons (Fsp3) is 1.00. The second-order valence-electron chi connectivity index (χ2n) is 5.36. The number of rotatable bonds is 3. The van der Waals surface area contributed by atoms with Gasteiger partial charge < -0.3 is 10.1 Å². The quantitative estimate of drug-likeness (QED) is 0.758. The molecule has 88 valence electrons. The summed E-state index contributed by atoms with van der Waals surface area (Å²) in [6.07, 6.45) is 1.19. The second-order valence-corrected chi connectivity index (χ2v) is 5.36. The van der Waals surface area contributed by atoms with Crippen molar-refractivity contribution < 1.29 is 4.74 Å². The summed E-state index contributed by atoms with van der Waals surface area (Å²) < 4.78 is 5.40. The topological polar surface area (TPSA) is 24.5 Å². The Morgan fingerprint density at radius 2 is 2.13 bits per heavy atom. The molecule has 0 aromatic carbocycles. The Hall–Kier alpha value is -0.120. The Morgan fingerprint density at radius 1 is 1.33 bits per heavy atom. The lowest BCUT2D eigenvalue weighted by atomic mass is 10.1. The molecule has 0 aromatic heterocycles. The number of ether oxygens (including phenoxy) is 1. The van der Waals surface area contributed by atoms with Gasteiger partial charge >= 0.3 is 0 Å². The Balaban J connectivity index is 1.82. The van der Waals surface area contributed by atoms with Crippen LogP contribution in [0.15, 0.2) is 0 Å². The van der Waals surface area contributed by atoms with E-state index in [0.717, 1.165) is 19.1 Å². The van der Waals surface area contributed by atoms with Crippen LogP contribution in [0, 0.1) is 5.92 Å². The zero-order valence-electron chi connectivity index (χ0n) is 10.2. The van der Waals surface area contributed by atoms with Gasteiger partial charge in [0, 0.05) is 37.8 Å². The average molecular weight is 212 g/mol. The zero-order valence-corrected chi connectivity index (χ0v) is 10.2. The first-order valence-electron chi connectivity index (χ1n) is 6.24. The molecule has 3 unspecified atom stereocenters. The minimum absolute atomic E-state index is 0.601. The molecule has 0 bridgehead atoms. The molecular formula is C12H24N2O. The van der Waals surface area contributed by atoms with Gasteiger partial charge in [-0.3, -0.25) is 4.90 Å². The molecule has 0 aromatic rings. The predicted molar refractivity (Wildman–Crippen MR) is 62.0 cm³/mol. The van der Waals surface area contributed by atoms with Crippen molar-refractivity contribution in [3.05, 3.63) is 0 Å². The highest BCUT2D eigenvalue weighted by atomic mass is 16.5. The summed E-state index contributed by atoms with van der Waals surface area (Å²) in [5, 5.41) is 3.75. The molecule has 15 heavy (non-hydrogen) atoms. The van der Waals surface area contributed by atoms with Gasteiger partial charge in [0.05, 0.1) is 6.61 Å². The van der Waals surface area contributed by atoms with E-state index in [9.17, 15) is 0 Å². The van der Waals surface area contributed by atoms with Crippen LogP contribution in [-0.2, 0) is 4.74 Å². The van der Waals surface area contributed by atoms with Gasteiger partial charge in [0.2, 0.25) is 0 Å². The molecule has 3 heteroatoms. The fourth-order valence-corrected chi connectivity index (χ4v) is 2.61. The van der Waals surface area contributed by atoms with E-state index < -0.39 is 0 Å². The molecule has 0 radical (unpaired) electrons. The molecule has 2 heterocycles. The molecule has 2 aliphatic rings. The van der Waals surface area contributed by atoms with Gasteiger partial charge in [0.15, 0.2) is 0 Å². The first-order valence-corrected chi connectivity index (χ1v) is 6.24. The van der Waals surface area contributed by atoms with Crippen LogP contribution in [0.3, 0.4) is 0 Å². The third-order valence-electron chi connectivity index (χ3n) is 3.75. The molecule has 2 rings (SSSR count). The summed E-state index contributed by atoms with van der Waals surface area (Å²) >= 11 is 0. The Labute approximate surface area is 93.2 Å². The predicted octanol–water partition coefficient (Wildman–Crippen LogP) is 1.09. The Bertz CT molecular complexity index is 202. The van der Waals surface area contributed by atoms with E-state index in [4.69, 9.17) is 4.74 Å². The third-order valence-corrected chi connectivity index (χ3v) is 3.75. The highest BCUT2D eigenvalue weighted by Gasteiger charge is 2.32. The molecule has 2 fully saturated rings. The Morgan fingerprint density at radius 3 is 2.67 bits per heavy atom. The molecule has 3 atom stereocenters. The van der Waals surface area contributed by atoms with Crippen molar-refractivity contribution in [3.63, 3.8) is 0 Å². The maximum absolute atomic E-state index is 5.40. The van der Waals surface area contributed by atoms with Crippen molar-refractivity contribution in [1.82, 2.24) is 10.2 Å². The van der Waals surface area contributed by atoms with Crippen molar-refractivity contribution >= 4 is 0 Å². The maximum atomic E-state index is 5.40. The van der Waals surface area contributed by atoms with Crippen molar-refractivity contribution in [3.8, 4) is 0 Å². The highest BCUT2D eigenvalue weighted by Crippen LogP contribution is 2.20. The first kappa shape index (κ1) is 11.4. The molecule has 3 nitrogen and oxygen atoms in total. The summed E-state index contributed by atoms with van der Waals surface area (Å²) in [6.45, 7) is 11.2. The van der Waals surface area contributed by atoms with E-state index in [1.54, 1.807) is 0 Å². The van der Waals surface area contributed by atoms with Crippen molar-refractivity contribution in [2.45, 2.75) is 45.3 Å². The van der Waals surface area contributed by atoms with Crippen LogP contribution in [0.2, 0.25) is 0 Å². The van der Waals surface area contributed by atoms with Gasteiger partial charge in [-0.25, -0.2) is 0 Å². The van der Waals surface area contributed by atoms with Crippen molar-refractivity contribution in [1.29, 1.82) is 0 Å². The standard InChI is InChI=1S/C12H24N2O/c1-9(2)14-6-10(3)12(7-14)13-11-4-5-15-8-11/h9-13H,4-8H2,1-3H3. The SMILES string of the molecule is CC1CN(C(C)C)CC1NC1CCOC1. The molecule has 2 aliphatic heterocycles. The molecule has 0 aliphatic carbocycles. The smallest absolute Gasteiger partial charge is 0.0620 e. The van der Waals surface area contributed by atoms with Crippen LogP contribution in [-0.4, -0.2) is 49.3 Å². The number of hydrogen-bond acceptors (Lipinski definition) is 3. The van der Waals surface area contributed by atoms with Gasteiger partial charge in [-0.05, 0) is 26.2 Å². The number of nitrogens with zero attached hydrogens (tertiary/aromatic N) is 1. The summed E-state index contributed by atoms with van der Waals surface area (Å²) in [6, 6.07) is 1.95. The highest BCUT2D eigenvalue weighted by molar-refractivity contribution is 4.90. The molecular weight excluding hydrogens is 188 g/mol. The van der Waals surface area contributed by atoms with Crippen molar-refractivity contribution in [2.75, 3.05) is 26.3 Å². The average Bonchev–Trinajstić information content (AvgIpc) is 2.77. The van der Waals surface area contributed by atoms with E-state index in [2.05, 4.69) is 31.0 Å². The molecule has 1 N–H and O–H groups in total. The molecule has 0 amide bonds. The van der Waals surface area contributed by atoms with Crippen LogP contribution < -0.4 is 5.32 Å². The molecule has 2 saturated heterocycles.